The Kier molecular flexibility index (Phi) is 4.64. The van der Waals surface area contributed by atoms with E-state index in [1.807, 2.05) is 36.9 Å². The van der Waals surface area contributed by atoms with Crippen LogP contribution in [0.2, 0.25) is 0 Å². The van der Waals surface area contributed by atoms with Gasteiger partial charge in [0, 0.05) is 36.9 Å². The zero-order valence-electron chi connectivity index (χ0n) is 13.9. The number of carbonyl (C=O) groups is 2. The molecule has 5 nitrogen and oxygen atoms in total. The molecular weight excluding hydrogens is 290 g/mol. The first-order chi connectivity index (χ1) is 11.0. The molecule has 1 saturated carbocycles. The van der Waals surface area contributed by atoms with E-state index >= 15 is 0 Å². The van der Waals surface area contributed by atoms with Crippen LogP contribution in [0.4, 0.5) is 0 Å². The molecule has 3 rings (SSSR count). The second-order valence-corrected chi connectivity index (χ2v) is 7.15. The van der Waals surface area contributed by atoms with E-state index in [0.717, 1.165) is 31.6 Å². The largest absolute Gasteiger partial charge is 0.354 e. The van der Waals surface area contributed by atoms with E-state index < -0.39 is 0 Å². The fourth-order valence-electron chi connectivity index (χ4n) is 3.89. The Hall–Kier alpha value is -1.91. The third kappa shape index (κ3) is 3.71. The maximum atomic E-state index is 12.4. The fraction of sp³-hybridized carbons (Fsp3) is 0.611. The molecule has 2 aliphatic rings. The Balaban J connectivity index is 1.51. The van der Waals surface area contributed by atoms with E-state index in [9.17, 15) is 9.59 Å². The van der Waals surface area contributed by atoms with E-state index in [1.54, 1.807) is 6.20 Å². The summed E-state index contributed by atoms with van der Waals surface area (Å²) in [5.74, 6) is 1.42. The second-order valence-electron chi connectivity index (χ2n) is 7.15. The maximum Gasteiger partial charge on any atom is 0.228 e. The predicted molar refractivity (Wildman–Crippen MR) is 87.5 cm³/mol. The minimum atomic E-state index is 0.125. The smallest absolute Gasteiger partial charge is 0.228 e. The fourth-order valence-corrected chi connectivity index (χ4v) is 3.89. The normalized spacial score (nSPS) is 26.4. The Bertz CT molecular complexity index is 559. The Labute approximate surface area is 137 Å². The zero-order chi connectivity index (χ0) is 16.4. The number of carbonyl (C=O) groups excluding carboxylic acids is 2. The van der Waals surface area contributed by atoms with Gasteiger partial charge in [-0.25, -0.2) is 0 Å². The molecule has 1 N–H and O–H groups in total. The van der Waals surface area contributed by atoms with Gasteiger partial charge >= 0.3 is 0 Å². The number of pyridine rings is 1. The van der Waals surface area contributed by atoms with Gasteiger partial charge in [0.25, 0.3) is 0 Å². The van der Waals surface area contributed by atoms with Crippen LogP contribution in [0, 0.1) is 17.8 Å². The molecule has 2 heterocycles. The predicted octanol–water partition coefficient (Wildman–Crippen LogP) is 1.63. The average Bonchev–Trinajstić information content (AvgIpc) is 3.06. The minimum absolute atomic E-state index is 0.125. The monoisotopic (exact) mass is 315 g/mol. The second kappa shape index (κ2) is 6.69. The van der Waals surface area contributed by atoms with E-state index in [1.165, 1.54) is 0 Å². The van der Waals surface area contributed by atoms with E-state index in [0.29, 0.717) is 18.3 Å². The number of hydrogen-bond donors (Lipinski definition) is 1. The standard InChI is InChI=1S/C18H25N3O2/c1-12(2)20-18(23)13-7-14-10-21(11-15(14)8-13)17(22)9-16-5-3-4-6-19-16/h3-6,12-15H,7-11H2,1-2H3,(H,20,23)/t13?,14-,15+. The maximum absolute atomic E-state index is 12.4. The summed E-state index contributed by atoms with van der Waals surface area (Å²) in [6.07, 6.45) is 3.92. The quantitative estimate of drug-likeness (QED) is 0.918. The molecular formula is C18H25N3O2. The lowest BCUT2D eigenvalue weighted by molar-refractivity contribution is -0.129. The number of nitrogens with one attached hydrogen (secondary N) is 1. The van der Waals surface area contributed by atoms with Gasteiger partial charge in [-0.1, -0.05) is 6.07 Å². The molecule has 2 amide bonds. The van der Waals surface area contributed by atoms with Crippen molar-refractivity contribution in [3.63, 3.8) is 0 Å². The van der Waals surface area contributed by atoms with E-state index in [2.05, 4.69) is 10.3 Å². The van der Waals surface area contributed by atoms with Crippen LogP contribution in [0.1, 0.15) is 32.4 Å². The number of fused-ring (bicyclic) bond motifs is 1. The molecule has 1 aliphatic heterocycles. The van der Waals surface area contributed by atoms with Gasteiger partial charge in [-0.2, -0.15) is 0 Å². The first-order valence-corrected chi connectivity index (χ1v) is 8.51. The lowest BCUT2D eigenvalue weighted by Gasteiger charge is -2.19. The molecule has 3 atom stereocenters. The van der Waals surface area contributed by atoms with Crippen LogP contribution in [0.3, 0.4) is 0 Å². The van der Waals surface area contributed by atoms with Crippen LogP contribution in [-0.4, -0.2) is 40.8 Å². The van der Waals surface area contributed by atoms with Crippen LogP contribution >= 0.6 is 0 Å². The Morgan fingerprint density at radius 2 is 1.96 bits per heavy atom. The lowest BCUT2D eigenvalue weighted by Crippen LogP contribution is -2.36. The van der Waals surface area contributed by atoms with E-state index in [4.69, 9.17) is 0 Å². The van der Waals surface area contributed by atoms with Gasteiger partial charge in [0.05, 0.1) is 6.42 Å². The van der Waals surface area contributed by atoms with Crippen LogP contribution in [0.25, 0.3) is 0 Å². The number of aromatic nitrogens is 1. The van der Waals surface area contributed by atoms with Crippen LogP contribution in [0.5, 0.6) is 0 Å². The number of hydrogen-bond acceptors (Lipinski definition) is 3. The highest BCUT2D eigenvalue weighted by atomic mass is 16.2. The molecule has 0 radical (unpaired) electrons. The van der Waals surface area contributed by atoms with E-state index in [-0.39, 0.29) is 23.8 Å². The van der Waals surface area contributed by atoms with Crippen molar-refractivity contribution >= 4 is 11.8 Å². The molecule has 1 aliphatic carbocycles. The highest BCUT2D eigenvalue weighted by molar-refractivity contribution is 5.80. The number of likely N-dealkylation sites (tertiary alicyclic amines) is 1. The summed E-state index contributed by atoms with van der Waals surface area (Å²) in [6.45, 7) is 5.57. The van der Waals surface area contributed by atoms with Crippen molar-refractivity contribution in [2.24, 2.45) is 17.8 Å². The topological polar surface area (TPSA) is 62.3 Å². The molecule has 0 spiro atoms. The molecule has 23 heavy (non-hydrogen) atoms. The Morgan fingerprint density at radius 1 is 1.26 bits per heavy atom. The highest BCUT2D eigenvalue weighted by Crippen LogP contribution is 2.41. The third-order valence-electron chi connectivity index (χ3n) is 4.96. The number of rotatable bonds is 4. The third-order valence-corrected chi connectivity index (χ3v) is 4.96. The van der Waals surface area contributed by atoms with Gasteiger partial charge in [0.1, 0.15) is 0 Å². The minimum Gasteiger partial charge on any atom is -0.354 e. The SMILES string of the molecule is CC(C)NC(=O)C1C[C@@H]2CN(C(=O)Cc3ccccn3)C[C@@H]2C1. The first kappa shape index (κ1) is 16.0. The summed E-state index contributed by atoms with van der Waals surface area (Å²) in [6, 6.07) is 5.85. The summed E-state index contributed by atoms with van der Waals surface area (Å²) < 4.78 is 0. The van der Waals surface area contributed by atoms with Crippen molar-refractivity contribution < 1.29 is 9.59 Å². The molecule has 1 aromatic heterocycles. The molecule has 1 saturated heterocycles. The molecule has 0 aromatic carbocycles. The molecule has 5 heteroatoms. The summed E-state index contributed by atoms with van der Waals surface area (Å²) in [4.78, 5) is 30.7. The average molecular weight is 315 g/mol. The van der Waals surface area contributed by atoms with Gasteiger partial charge in [-0.05, 0) is 50.7 Å². The van der Waals surface area contributed by atoms with Crippen molar-refractivity contribution in [1.29, 1.82) is 0 Å². The van der Waals surface area contributed by atoms with Crippen molar-refractivity contribution in [1.82, 2.24) is 15.2 Å². The molecule has 0 bridgehead atoms. The van der Waals surface area contributed by atoms with Gasteiger partial charge in [-0.3, -0.25) is 14.6 Å². The van der Waals surface area contributed by atoms with Gasteiger partial charge in [0.2, 0.25) is 11.8 Å². The summed E-state index contributed by atoms with van der Waals surface area (Å²) in [5, 5.41) is 3.01. The molecule has 1 aromatic rings. The number of nitrogens with zero attached hydrogens (tertiary/aromatic N) is 2. The van der Waals surface area contributed by atoms with Crippen LogP contribution < -0.4 is 5.32 Å². The van der Waals surface area contributed by atoms with Crippen molar-refractivity contribution in [2.45, 2.75) is 39.2 Å². The van der Waals surface area contributed by atoms with Crippen LogP contribution in [0.15, 0.2) is 24.4 Å². The zero-order valence-corrected chi connectivity index (χ0v) is 13.9. The summed E-state index contributed by atoms with van der Waals surface area (Å²) in [7, 11) is 0. The van der Waals surface area contributed by atoms with Gasteiger partial charge in [0.15, 0.2) is 0 Å². The van der Waals surface area contributed by atoms with Crippen molar-refractivity contribution in [3.05, 3.63) is 30.1 Å². The lowest BCUT2D eigenvalue weighted by atomic mass is 10.0. The van der Waals surface area contributed by atoms with Crippen LogP contribution in [-0.2, 0) is 16.0 Å². The summed E-state index contributed by atoms with van der Waals surface area (Å²) >= 11 is 0. The van der Waals surface area contributed by atoms with Gasteiger partial charge < -0.3 is 10.2 Å². The van der Waals surface area contributed by atoms with Crippen molar-refractivity contribution in [3.8, 4) is 0 Å². The molecule has 2 fully saturated rings. The first-order valence-electron chi connectivity index (χ1n) is 8.51. The molecule has 1 unspecified atom stereocenters. The highest BCUT2D eigenvalue weighted by Gasteiger charge is 2.44. The van der Waals surface area contributed by atoms with Crippen molar-refractivity contribution in [2.75, 3.05) is 13.1 Å². The Morgan fingerprint density at radius 3 is 2.52 bits per heavy atom. The number of amides is 2. The summed E-state index contributed by atoms with van der Waals surface area (Å²) in [5.41, 5.74) is 0.823. The van der Waals surface area contributed by atoms with Gasteiger partial charge in [-0.15, -0.1) is 0 Å². The molecule has 124 valence electrons.